The van der Waals surface area contributed by atoms with Crippen molar-refractivity contribution in [2.24, 2.45) is 0 Å². The number of nitrogens with one attached hydrogen (secondary N) is 1. The number of hydrogen-bond acceptors (Lipinski definition) is 4. The molecule has 1 aliphatic rings. The monoisotopic (exact) mass is 351 g/mol. The van der Waals surface area contributed by atoms with Gasteiger partial charge in [0.25, 0.3) is 0 Å². The van der Waals surface area contributed by atoms with Crippen molar-refractivity contribution >= 4 is 21.7 Å². The Morgan fingerprint density at radius 2 is 2.24 bits per heavy atom. The second-order valence-electron chi connectivity index (χ2n) is 4.84. The van der Waals surface area contributed by atoms with Gasteiger partial charge in [-0.25, -0.2) is 14.4 Å². The molecule has 4 nitrogen and oxygen atoms in total. The van der Waals surface area contributed by atoms with E-state index in [0.29, 0.717) is 25.3 Å². The van der Waals surface area contributed by atoms with Gasteiger partial charge in [-0.05, 0) is 24.1 Å². The molecule has 3 rings (SSSR count). The minimum atomic E-state index is -0.382. The van der Waals surface area contributed by atoms with E-state index >= 15 is 0 Å². The average molecular weight is 352 g/mol. The average Bonchev–Trinajstić information content (AvgIpc) is 2.94. The fourth-order valence-electron chi connectivity index (χ4n) is 2.43. The summed E-state index contributed by atoms with van der Waals surface area (Å²) in [6.07, 6.45) is 2.83. The Morgan fingerprint density at radius 1 is 1.38 bits per heavy atom. The van der Waals surface area contributed by atoms with Gasteiger partial charge in [-0.1, -0.05) is 22.9 Å². The molecule has 0 unspecified atom stereocenters. The molecule has 0 saturated carbocycles. The minimum absolute atomic E-state index is 0.230. The van der Waals surface area contributed by atoms with Crippen LogP contribution in [-0.2, 0) is 19.4 Å². The van der Waals surface area contributed by atoms with Gasteiger partial charge in [0, 0.05) is 23.0 Å². The van der Waals surface area contributed by atoms with Gasteiger partial charge in [-0.3, -0.25) is 0 Å². The van der Waals surface area contributed by atoms with Crippen LogP contribution in [0.3, 0.4) is 0 Å². The van der Waals surface area contributed by atoms with E-state index in [1.807, 2.05) is 13.0 Å². The lowest BCUT2D eigenvalue weighted by Crippen LogP contribution is -2.07. The number of halogens is 2. The molecule has 0 spiro atoms. The van der Waals surface area contributed by atoms with Crippen LogP contribution in [0.4, 0.5) is 10.2 Å². The van der Waals surface area contributed by atoms with E-state index in [0.717, 1.165) is 22.2 Å². The van der Waals surface area contributed by atoms with Crippen molar-refractivity contribution in [3.63, 3.8) is 0 Å². The van der Waals surface area contributed by atoms with Gasteiger partial charge in [-0.2, -0.15) is 0 Å². The Hall–Kier alpha value is -1.69. The highest BCUT2D eigenvalue weighted by Crippen LogP contribution is 2.33. The van der Waals surface area contributed by atoms with Crippen molar-refractivity contribution in [2.75, 3.05) is 11.9 Å². The molecule has 0 amide bonds. The lowest BCUT2D eigenvalue weighted by atomic mass is 10.1. The Balaban J connectivity index is 1.83. The summed E-state index contributed by atoms with van der Waals surface area (Å²) in [7, 11) is 0. The van der Waals surface area contributed by atoms with Crippen LogP contribution in [0.1, 0.15) is 23.7 Å². The molecule has 0 radical (unpaired) electrons. The number of aromatic nitrogens is 2. The summed E-state index contributed by atoms with van der Waals surface area (Å²) in [4.78, 5) is 7.89. The van der Waals surface area contributed by atoms with E-state index in [1.54, 1.807) is 0 Å². The maximum absolute atomic E-state index is 14.1. The molecular weight excluding hydrogens is 337 g/mol. The highest BCUT2D eigenvalue weighted by Gasteiger charge is 2.18. The number of nitrogens with zero attached hydrogens (tertiary/aromatic N) is 2. The molecule has 2 heterocycles. The van der Waals surface area contributed by atoms with E-state index in [4.69, 9.17) is 4.74 Å². The summed E-state index contributed by atoms with van der Waals surface area (Å²) >= 11 is 3.50. The normalized spacial score (nSPS) is 12.9. The van der Waals surface area contributed by atoms with E-state index in [-0.39, 0.29) is 11.6 Å². The Labute approximate surface area is 130 Å². The molecule has 0 bridgehead atoms. The molecule has 110 valence electrons. The van der Waals surface area contributed by atoms with E-state index < -0.39 is 0 Å². The van der Waals surface area contributed by atoms with Crippen LogP contribution >= 0.6 is 15.9 Å². The summed E-state index contributed by atoms with van der Waals surface area (Å²) in [5, 5.41) is 3.03. The molecule has 0 fully saturated rings. The number of aryl methyl sites for hydroxylation is 1. The lowest BCUT2D eigenvalue weighted by molar-refractivity contribution is 0.354. The van der Waals surface area contributed by atoms with E-state index in [1.165, 1.54) is 11.9 Å². The van der Waals surface area contributed by atoms with Crippen LogP contribution < -0.4 is 10.1 Å². The second-order valence-corrected chi connectivity index (χ2v) is 5.76. The summed E-state index contributed by atoms with van der Waals surface area (Å²) in [5.74, 6) is 0.747. The fourth-order valence-corrected chi connectivity index (χ4v) is 2.98. The number of anilines is 1. The molecule has 0 saturated heterocycles. The molecule has 2 aromatic rings. The number of fused-ring (bicyclic) bond motifs is 1. The molecule has 1 aromatic carbocycles. The standard InChI is InChI=1S/C15H15BrFN3O/c1-2-12-13(17)15(20-8-19-12)18-7-10-6-11(16)5-9-3-4-21-14(9)10/h5-6,8H,2-4,7H2,1H3,(H,18,19,20). The first kappa shape index (κ1) is 14.3. The quantitative estimate of drug-likeness (QED) is 0.915. The van der Waals surface area contributed by atoms with Crippen molar-refractivity contribution in [3.8, 4) is 5.75 Å². The van der Waals surface area contributed by atoms with Gasteiger partial charge in [-0.15, -0.1) is 0 Å². The van der Waals surface area contributed by atoms with Crippen molar-refractivity contribution < 1.29 is 9.13 Å². The smallest absolute Gasteiger partial charge is 0.186 e. The molecular formula is C15H15BrFN3O. The molecule has 1 aliphatic heterocycles. The maximum atomic E-state index is 14.1. The van der Waals surface area contributed by atoms with Gasteiger partial charge >= 0.3 is 0 Å². The van der Waals surface area contributed by atoms with Crippen LogP contribution in [0.2, 0.25) is 0 Å². The lowest BCUT2D eigenvalue weighted by Gasteiger charge is -2.12. The Bertz CT molecular complexity index is 678. The van der Waals surface area contributed by atoms with Gasteiger partial charge in [0.05, 0.1) is 12.3 Å². The second kappa shape index (κ2) is 5.97. The van der Waals surface area contributed by atoms with Gasteiger partial charge in [0.2, 0.25) is 0 Å². The molecule has 0 aliphatic carbocycles. The highest BCUT2D eigenvalue weighted by atomic mass is 79.9. The predicted octanol–water partition coefficient (Wildman–Crippen LogP) is 3.49. The Kier molecular flexibility index (Phi) is 4.05. The van der Waals surface area contributed by atoms with Crippen molar-refractivity contribution in [2.45, 2.75) is 26.3 Å². The molecule has 1 N–H and O–H groups in total. The van der Waals surface area contributed by atoms with Gasteiger partial charge in [0.1, 0.15) is 12.1 Å². The first-order valence-electron chi connectivity index (χ1n) is 6.86. The van der Waals surface area contributed by atoms with Crippen LogP contribution in [0.25, 0.3) is 0 Å². The number of ether oxygens (including phenoxy) is 1. The molecule has 21 heavy (non-hydrogen) atoms. The summed E-state index contributed by atoms with van der Waals surface area (Å²) in [6.45, 7) is 3.02. The fraction of sp³-hybridized carbons (Fsp3) is 0.333. The third-order valence-electron chi connectivity index (χ3n) is 3.47. The maximum Gasteiger partial charge on any atom is 0.186 e. The molecule has 0 atom stereocenters. The van der Waals surface area contributed by atoms with Crippen molar-refractivity contribution in [1.29, 1.82) is 0 Å². The number of benzene rings is 1. The number of hydrogen-bond donors (Lipinski definition) is 1. The summed E-state index contributed by atoms with van der Waals surface area (Å²) in [6, 6.07) is 4.04. The predicted molar refractivity (Wildman–Crippen MR) is 82.0 cm³/mol. The zero-order chi connectivity index (χ0) is 14.8. The van der Waals surface area contributed by atoms with Crippen molar-refractivity contribution in [1.82, 2.24) is 9.97 Å². The Morgan fingerprint density at radius 3 is 3.05 bits per heavy atom. The van der Waals surface area contributed by atoms with E-state index in [9.17, 15) is 4.39 Å². The first-order chi connectivity index (χ1) is 10.2. The first-order valence-corrected chi connectivity index (χ1v) is 7.65. The van der Waals surface area contributed by atoms with Crippen LogP contribution in [0.5, 0.6) is 5.75 Å². The largest absolute Gasteiger partial charge is 0.493 e. The minimum Gasteiger partial charge on any atom is -0.493 e. The SMILES string of the molecule is CCc1ncnc(NCc2cc(Br)cc3c2OCC3)c1F. The number of rotatable bonds is 4. The highest BCUT2D eigenvalue weighted by molar-refractivity contribution is 9.10. The van der Waals surface area contributed by atoms with Gasteiger partial charge in [0.15, 0.2) is 11.6 Å². The third-order valence-corrected chi connectivity index (χ3v) is 3.93. The third kappa shape index (κ3) is 2.85. The topological polar surface area (TPSA) is 47.0 Å². The van der Waals surface area contributed by atoms with Crippen LogP contribution in [0.15, 0.2) is 22.9 Å². The zero-order valence-corrected chi connectivity index (χ0v) is 13.2. The van der Waals surface area contributed by atoms with Crippen molar-refractivity contribution in [3.05, 3.63) is 45.6 Å². The summed E-state index contributed by atoms with van der Waals surface area (Å²) < 4.78 is 20.8. The zero-order valence-electron chi connectivity index (χ0n) is 11.6. The van der Waals surface area contributed by atoms with Crippen LogP contribution in [-0.4, -0.2) is 16.6 Å². The van der Waals surface area contributed by atoms with E-state index in [2.05, 4.69) is 37.3 Å². The molecule has 6 heteroatoms. The van der Waals surface area contributed by atoms with Crippen LogP contribution in [0, 0.1) is 5.82 Å². The van der Waals surface area contributed by atoms with Gasteiger partial charge < -0.3 is 10.1 Å². The summed E-state index contributed by atoms with van der Waals surface area (Å²) in [5.41, 5.74) is 2.59. The molecule has 1 aromatic heterocycles.